The molecule has 5 aromatic heterocycles. The number of benzene rings is 8. The molecule has 13 rings (SSSR count). The van der Waals surface area contributed by atoms with Crippen LogP contribution in [0.5, 0.6) is 0 Å². The van der Waals surface area contributed by atoms with Crippen molar-refractivity contribution >= 4 is 0 Å². The van der Waals surface area contributed by atoms with Gasteiger partial charge in [0.25, 0.3) is 0 Å². The Kier molecular flexibility index (Phi) is 17.0. The lowest BCUT2D eigenvalue weighted by molar-refractivity contribution is 1.32. The fraction of sp³-hybridized carbons (Fsp3) is 0. The maximum Gasteiger partial charge on any atom is 0.0280 e. The third-order valence-electron chi connectivity index (χ3n) is 14.8. The van der Waals surface area contributed by atoms with Crippen molar-refractivity contribution in [3.8, 4) is 138 Å². The van der Waals surface area contributed by atoms with Gasteiger partial charge >= 0.3 is 0 Å². The van der Waals surface area contributed by atoms with E-state index in [1.165, 1.54) is 0 Å². The van der Waals surface area contributed by atoms with Crippen LogP contribution in [0.1, 0.15) is 66.8 Å². The Balaban J connectivity index is 1.13. The van der Waals surface area contributed by atoms with Gasteiger partial charge in [0.2, 0.25) is 0 Å². The smallest absolute Gasteiger partial charge is 0.0280 e. The fourth-order valence-corrected chi connectivity index (χ4v) is 10.4. The number of pyridine rings is 5. The zero-order chi connectivity index (χ0) is 60.5. The summed E-state index contributed by atoms with van der Waals surface area (Å²) < 4.78 is 0. The van der Waals surface area contributed by atoms with E-state index in [9.17, 15) is 0 Å². The molecule has 0 atom stereocenters. The second-order valence-electron chi connectivity index (χ2n) is 20.8. The average molecular weight is 1140 g/mol. The van der Waals surface area contributed by atoms with Gasteiger partial charge in [0.1, 0.15) is 0 Å². The molecule has 0 aliphatic carbocycles. The van der Waals surface area contributed by atoms with Gasteiger partial charge in [-0.05, 0) is 212 Å². The Bertz CT molecular complexity index is 4210. The Morgan fingerprint density at radius 3 is 0.422 bits per heavy atom. The summed E-state index contributed by atoms with van der Waals surface area (Å²) in [5, 5.41) is 0. The van der Waals surface area contributed by atoms with Gasteiger partial charge in [-0.2, -0.15) is 0 Å². The molecule has 0 aliphatic rings. The second-order valence-corrected chi connectivity index (χ2v) is 20.8. The second kappa shape index (κ2) is 27.3. The van der Waals surface area contributed by atoms with Crippen LogP contribution in [0.4, 0.5) is 0 Å². The molecule has 0 bridgehead atoms. The van der Waals surface area contributed by atoms with Crippen LogP contribution in [0, 0.1) is 71.0 Å². The number of nitrogens with zero attached hydrogens (tertiary/aromatic N) is 5. The fourth-order valence-electron chi connectivity index (χ4n) is 10.4. The lowest BCUT2D eigenvalue weighted by Crippen LogP contribution is -2.02. The van der Waals surface area contributed by atoms with Crippen molar-refractivity contribution < 1.29 is 0 Å². The summed E-state index contributed by atoms with van der Waals surface area (Å²) in [5.74, 6) is 40.7. The third-order valence-corrected chi connectivity index (χ3v) is 14.8. The Hall–Kier alpha value is -13.1. The van der Waals surface area contributed by atoms with Gasteiger partial charge in [-0.3, -0.25) is 24.9 Å². The molecule has 0 fully saturated rings. The van der Waals surface area contributed by atoms with Crippen molar-refractivity contribution in [1.29, 1.82) is 0 Å². The highest BCUT2D eigenvalue weighted by atomic mass is 14.6. The van der Waals surface area contributed by atoms with E-state index in [4.69, 9.17) is 0 Å². The summed E-state index contributed by atoms with van der Waals surface area (Å²) in [7, 11) is 0. The van der Waals surface area contributed by atoms with Crippen molar-refractivity contribution in [2.75, 3.05) is 0 Å². The quantitative estimate of drug-likeness (QED) is 0.155. The molecule has 90 heavy (non-hydrogen) atoms. The molecule has 0 amide bonds. The van der Waals surface area contributed by atoms with Gasteiger partial charge in [0, 0.05) is 129 Å². The Morgan fingerprint density at radius 2 is 0.267 bits per heavy atom. The monoisotopic (exact) mass is 1140 g/mol. The Labute approximate surface area is 525 Å². The normalized spacial score (nSPS) is 10.1. The molecule has 0 saturated heterocycles. The summed E-state index contributed by atoms with van der Waals surface area (Å²) in [4.78, 5) is 21.1. The molecule has 5 heteroatoms. The van der Waals surface area contributed by atoms with E-state index in [1.54, 1.807) is 62.0 Å². The molecule has 0 unspecified atom stereocenters. The SMILES string of the molecule is C(#Cc1ccc(-c2c(-c3ccc(C#Cc4ccncc4)cc3)c(-c3ccc(C#Cc4ccncc4)cc3)c(-c3ccc(C#Cc4ccncc4)cc3)c(-c3ccc(C#Cc4ccncc4)cc3)c2-c2ccc(C#Cc3ccncc3)cc2)cc1)c1ccccc1. The van der Waals surface area contributed by atoms with Crippen LogP contribution in [-0.4, -0.2) is 24.9 Å². The average Bonchev–Trinajstić information content (AvgIpc) is 0.813. The highest BCUT2D eigenvalue weighted by Gasteiger charge is 2.29. The summed E-state index contributed by atoms with van der Waals surface area (Å²) >= 11 is 0. The number of hydrogen-bond donors (Lipinski definition) is 0. The molecule has 13 aromatic rings. The molecule has 0 saturated carbocycles. The van der Waals surface area contributed by atoms with E-state index >= 15 is 0 Å². The first kappa shape index (κ1) is 56.0. The molecule has 414 valence electrons. The van der Waals surface area contributed by atoms with Gasteiger partial charge in [0.15, 0.2) is 0 Å². The molecular formula is C85H49N5. The predicted molar refractivity (Wildman–Crippen MR) is 363 cm³/mol. The summed E-state index contributed by atoms with van der Waals surface area (Å²) in [6, 6.07) is 81.1. The minimum absolute atomic E-state index is 0.868. The van der Waals surface area contributed by atoms with Crippen LogP contribution in [-0.2, 0) is 0 Å². The van der Waals surface area contributed by atoms with Gasteiger partial charge < -0.3 is 0 Å². The van der Waals surface area contributed by atoms with Crippen molar-refractivity contribution in [1.82, 2.24) is 24.9 Å². The third kappa shape index (κ3) is 13.7. The Morgan fingerprint density at radius 1 is 0.133 bits per heavy atom. The molecular weight excluding hydrogens is 1090 g/mol. The standard InChI is InChI=1S/C85H49N5/c1-2-4-62(5-3-1)6-7-63-18-30-74(31-19-63)80-81(75-32-20-64(21-33-75)8-13-69-42-52-86-53-43-69)83(77-36-24-66(25-37-77)10-15-71-46-56-88-57-47-71)85(79-40-28-68(29-41-79)12-17-73-50-60-90-61-51-73)84(78-38-26-67(27-39-78)11-16-72-48-58-89-59-49-72)82(80)76-34-22-65(23-35-76)9-14-70-44-54-87-55-45-70/h1-5,18-61H. The van der Waals surface area contributed by atoms with Crippen LogP contribution >= 0.6 is 0 Å². The maximum absolute atomic E-state index is 4.21. The minimum atomic E-state index is 0.868. The van der Waals surface area contributed by atoms with Crippen molar-refractivity contribution in [2.24, 2.45) is 0 Å². The molecule has 0 spiro atoms. The lowest BCUT2D eigenvalue weighted by atomic mass is 9.74. The van der Waals surface area contributed by atoms with Crippen LogP contribution in [0.2, 0.25) is 0 Å². The van der Waals surface area contributed by atoms with E-state index in [0.29, 0.717) is 0 Å². The topological polar surface area (TPSA) is 64.5 Å². The maximum atomic E-state index is 4.21. The zero-order valence-corrected chi connectivity index (χ0v) is 48.5. The number of aromatic nitrogens is 5. The van der Waals surface area contributed by atoms with E-state index in [2.05, 4.69) is 242 Å². The number of rotatable bonds is 6. The van der Waals surface area contributed by atoms with Crippen molar-refractivity contribution in [3.05, 3.63) is 365 Å². The van der Waals surface area contributed by atoms with E-state index in [-0.39, 0.29) is 0 Å². The summed E-state index contributed by atoms with van der Waals surface area (Å²) in [6.45, 7) is 0. The van der Waals surface area contributed by atoms with Crippen molar-refractivity contribution in [2.45, 2.75) is 0 Å². The lowest BCUT2D eigenvalue weighted by Gasteiger charge is -2.29. The summed E-state index contributed by atoms with van der Waals surface area (Å²) in [5.41, 5.74) is 22.6. The van der Waals surface area contributed by atoms with E-state index in [1.807, 2.05) is 91.0 Å². The first-order valence-corrected chi connectivity index (χ1v) is 29.1. The minimum Gasteiger partial charge on any atom is -0.265 e. The predicted octanol–water partition coefficient (Wildman–Crippen LogP) is 17.1. The first-order chi connectivity index (χ1) is 44.6. The molecule has 5 nitrogen and oxygen atoms in total. The van der Waals surface area contributed by atoms with E-state index < -0.39 is 0 Å². The van der Waals surface area contributed by atoms with Gasteiger partial charge in [0.05, 0.1) is 0 Å². The van der Waals surface area contributed by atoms with Crippen LogP contribution < -0.4 is 0 Å². The van der Waals surface area contributed by atoms with Gasteiger partial charge in [-0.15, -0.1) is 0 Å². The highest BCUT2D eigenvalue weighted by Crippen LogP contribution is 2.56. The largest absolute Gasteiger partial charge is 0.265 e. The van der Waals surface area contributed by atoms with Gasteiger partial charge in [-0.1, -0.05) is 162 Å². The number of hydrogen-bond acceptors (Lipinski definition) is 5. The first-order valence-electron chi connectivity index (χ1n) is 29.1. The highest BCUT2D eigenvalue weighted by molar-refractivity contribution is 6.15. The summed E-state index contributed by atoms with van der Waals surface area (Å²) in [6.07, 6.45) is 17.6. The molecule has 0 aliphatic heterocycles. The van der Waals surface area contributed by atoms with Crippen LogP contribution in [0.15, 0.2) is 299 Å². The van der Waals surface area contributed by atoms with Crippen LogP contribution in [0.25, 0.3) is 66.8 Å². The van der Waals surface area contributed by atoms with Crippen molar-refractivity contribution in [3.63, 3.8) is 0 Å². The zero-order valence-electron chi connectivity index (χ0n) is 48.5. The molecule has 0 radical (unpaired) electrons. The van der Waals surface area contributed by atoms with Crippen LogP contribution in [0.3, 0.4) is 0 Å². The molecule has 0 N–H and O–H groups in total. The molecule has 5 heterocycles. The molecule has 8 aromatic carbocycles. The van der Waals surface area contributed by atoms with E-state index in [0.717, 1.165) is 134 Å². The van der Waals surface area contributed by atoms with Gasteiger partial charge in [-0.25, -0.2) is 0 Å².